The molecule has 0 aromatic carbocycles. The van der Waals surface area contributed by atoms with Crippen LogP contribution in [-0.2, 0) is 4.74 Å². The van der Waals surface area contributed by atoms with Crippen molar-refractivity contribution in [1.82, 2.24) is 4.90 Å². The summed E-state index contributed by atoms with van der Waals surface area (Å²) in [5, 5.41) is 0. The zero-order valence-electron chi connectivity index (χ0n) is 8.83. The van der Waals surface area contributed by atoms with E-state index >= 15 is 0 Å². The van der Waals surface area contributed by atoms with Gasteiger partial charge in [-0.25, -0.2) is 0 Å². The Balaban J connectivity index is 1.77. The number of methoxy groups -OCH3 is 1. The zero-order valence-corrected chi connectivity index (χ0v) is 8.83. The predicted octanol–water partition coefficient (Wildman–Crippen LogP) is 1.61. The van der Waals surface area contributed by atoms with Crippen LogP contribution in [0.25, 0.3) is 0 Å². The van der Waals surface area contributed by atoms with Gasteiger partial charge in [-0.1, -0.05) is 6.92 Å². The fourth-order valence-corrected chi connectivity index (χ4v) is 3.10. The number of fused-ring (bicyclic) bond motifs is 1. The first-order valence-electron chi connectivity index (χ1n) is 5.51. The maximum atomic E-state index is 5.11. The molecule has 1 aliphatic heterocycles. The summed E-state index contributed by atoms with van der Waals surface area (Å²) in [5.41, 5.74) is 0. The lowest BCUT2D eigenvalue weighted by molar-refractivity contribution is 0.155. The van der Waals surface area contributed by atoms with Crippen LogP contribution in [0, 0.1) is 17.8 Å². The molecule has 13 heavy (non-hydrogen) atoms. The summed E-state index contributed by atoms with van der Waals surface area (Å²) < 4.78 is 5.11. The molecule has 2 rings (SSSR count). The SMILES string of the molecule is COCCN1CC2CC(C)CC2C1. The standard InChI is InChI=1S/C11H21NO/c1-9-5-10-7-12(3-4-13-2)8-11(10)6-9/h9-11H,3-8H2,1-2H3. The van der Waals surface area contributed by atoms with Gasteiger partial charge in [0.05, 0.1) is 6.61 Å². The van der Waals surface area contributed by atoms with Crippen LogP contribution < -0.4 is 0 Å². The second-order valence-corrected chi connectivity index (χ2v) is 4.85. The first-order chi connectivity index (χ1) is 6.29. The second kappa shape index (κ2) is 3.97. The molecule has 2 nitrogen and oxygen atoms in total. The summed E-state index contributed by atoms with van der Waals surface area (Å²) in [6.45, 7) is 7.10. The number of likely N-dealkylation sites (tertiary alicyclic amines) is 1. The molecule has 0 N–H and O–H groups in total. The van der Waals surface area contributed by atoms with Gasteiger partial charge in [0.2, 0.25) is 0 Å². The summed E-state index contributed by atoms with van der Waals surface area (Å²) in [6.07, 6.45) is 2.93. The lowest BCUT2D eigenvalue weighted by atomic mass is 10.0. The van der Waals surface area contributed by atoms with E-state index in [2.05, 4.69) is 11.8 Å². The van der Waals surface area contributed by atoms with Gasteiger partial charge in [0.15, 0.2) is 0 Å². The Bertz CT molecular complexity index is 157. The van der Waals surface area contributed by atoms with Gasteiger partial charge < -0.3 is 9.64 Å². The second-order valence-electron chi connectivity index (χ2n) is 4.85. The molecular weight excluding hydrogens is 162 g/mol. The lowest BCUT2D eigenvalue weighted by Gasteiger charge is -2.16. The van der Waals surface area contributed by atoms with Crippen LogP contribution in [0.15, 0.2) is 0 Å². The molecule has 0 spiro atoms. The fourth-order valence-electron chi connectivity index (χ4n) is 3.10. The Labute approximate surface area is 81.3 Å². The molecule has 1 heterocycles. The van der Waals surface area contributed by atoms with E-state index in [9.17, 15) is 0 Å². The average molecular weight is 183 g/mol. The lowest BCUT2D eigenvalue weighted by Crippen LogP contribution is -2.26. The molecule has 0 aromatic rings. The van der Waals surface area contributed by atoms with Crippen LogP contribution in [0.3, 0.4) is 0 Å². The minimum absolute atomic E-state index is 0.898. The Kier molecular flexibility index (Phi) is 2.89. The highest BCUT2D eigenvalue weighted by atomic mass is 16.5. The normalized spacial score (nSPS) is 39.7. The molecule has 2 fully saturated rings. The predicted molar refractivity (Wildman–Crippen MR) is 53.7 cm³/mol. The molecular formula is C11H21NO. The minimum atomic E-state index is 0.898. The highest BCUT2D eigenvalue weighted by molar-refractivity contribution is 4.90. The van der Waals surface area contributed by atoms with E-state index in [-0.39, 0.29) is 0 Å². The Hall–Kier alpha value is -0.0800. The van der Waals surface area contributed by atoms with Crippen LogP contribution in [0.1, 0.15) is 19.8 Å². The maximum Gasteiger partial charge on any atom is 0.0589 e. The fraction of sp³-hybridized carbons (Fsp3) is 1.00. The molecule has 76 valence electrons. The molecule has 0 bridgehead atoms. The van der Waals surface area contributed by atoms with Gasteiger partial charge >= 0.3 is 0 Å². The third kappa shape index (κ3) is 2.05. The van der Waals surface area contributed by atoms with E-state index in [4.69, 9.17) is 4.74 Å². The van der Waals surface area contributed by atoms with E-state index in [1.54, 1.807) is 7.11 Å². The van der Waals surface area contributed by atoms with Crippen LogP contribution in [-0.4, -0.2) is 38.3 Å². The molecule has 0 amide bonds. The zero-order chi connectivity index (χ0) is 9.26. The average Bonchev–Trinajstić information content (AvgIpc) is 2.57. The van der Waals surface area contributed by atoms with E-state index in [1.807, 2.05) is 0 Å². The van der Waals surface area contributed by atoms with Gasteiger partial charge in [0.1, 0.15) is 0 Å². The van der Waals surface area contributed by atoms with Crippen molar-refractivity contribution in [2.45, 2.75) is 19.8 Å². The van der Waals surface area contributed by atoms with Crippen molar-refractivity contribution in [2.75, 3.05) is 33.4 Å². The van der Waals surface area contributed by atoms with Crippen molar-refractivity contribution in [3.8, 4) is 0 Å². The smallest absolute Gasteiger partial charge is 0.0589 e. The van der Waals surface area contributed by atoms with Crippen molar-refractivity contribution in [2.24, 2.45) is 17.8 Å². The molecule has 0 radical (unpaired) electrons. The van der Waals surface area contributed by atoms with E-state index in [1.165, 1.54) is 25.9 Å². The summed E-state index contributed by atoms with van der Waals surface area (Å²) >= 11 is 0. The summed E-state index contributed by atoms with van der Waals surface area (Å²) in [7, 11) is 1.79. The summed E-state index contributed by atoms with van der Waals surface area (Å²) in [4.78, 5) is 2.57. The van der Waals surface area contributed by atoms with Gasteiger partial charge in [-0.15, -0.1) is 0 Å². The molecule has 1 saturated heterocycles. The van der Waals surface area contributed by atoms with Crippen LogP contribution in [0.5, 0.6) is 0 Å². The van der Waals surface area contributed by atoms with Gasteiger partial charge in [0, 0.05) is 26.7 Å². The molecule has 2 unspecified atom stereocenters. The number of ether oxygens (including phenoxy) is 1. The molecule has 1 saturated carbocycles. The number of nitrogens with zero attached hydrogens (tertiary/aromatic N) is 1. The molecule has 2 aliphatic rings. The third-order valence-electron chi connectivity index (χ3n) is 3.67. The van der Waals surface area contributed by atoms with Crippen LogP contribution >= 0.6 is 0 Å². The number of hydrogen-bond acceptors (Lipinski definition) is 2. The van der Waals surface area contributed by atoms with Gasteiger partial charge in [-0.05, 0) is 30.6 Å². The van der Waals surface area contributed by atoms with Gasteiger partial charge in [-0.2, -0.15) is 0 Å². The maximum absolute atomic E-state index is 5.11. The number of rotatable bonds is 3. The van der Waals surface area contributed by atoms with Gasteiger partial charge in [0.25, 0.3) is 0 Å². The van der Waals surface area contributed by atoms with Crippen molar-refractivity contribution in [1.29, 1.82) is 0 Å². The Morgan fingerprint density at radius 1 is 1.23 bits per heavy atom. The summed E-state index contributed by atoms with van der Waals surface area (Å²) in [5.74, 6) is 3.00. The van der Waals surface area contributed by atoms with Crippen LogP contribution in [0.4, 0.5) is 0 Å². The highest BCUT2D eigenvalue weighted by Gasteiger charge is 2.38. The van der Waals surface area contributed by atoms with Crippen molar-refractivity contribution < 1.29 is 4.74 Å². The Morgan fingerprint density at radius 2 is 1.85 bits per heavy atom. The Morgan fingerprint density at radius 3 is 2.38 bits per heavy atom. The molecule has 2 atom stereocenters. The minimum Gasteiger partial charge on any atom is -0.383 e. The first-order valence-corrected chi connectivity index (χ1v) is 5.51. The topological polar surface area (TPSA) is 12.5 Å². The largest absolute Gasteiger partial charge is 0.383 e. The molecule has 1 aliphatic carbocycles. The first kappa shape index (κ1) is 9.47. The number of hydrogen-bond donors (Lipinski definition) is 0. The van der Waals surface area contributed by atoms with Crippen LogP contribution in [0.2, 0.25) is 0 Å². The quantitative estimate of drug-likeness (QED) is 0.659. The molecule has 0 aromatic heterocycles. The van der Waals surface area contributed by atoms with Gasteiger partial charge in [-0.3, -0.25) is 0 Å². The van der Waals surface area contributed by atoms with Crippen molar-refractivity contribution in [3.63, 3.8) is 0 Å². The van der Waals surface area contributed by atoms with E-state index < -0.39 is 0 Å². The molecule has 2 heteroatoms. The van der Waals surface area contributed by atoms with Crippen molar-refractivity contribution >= 4 is 0 Å². The highest BCUT2D eigenvalue weighted by Crippen LogP contribution is 2.40. The summed E-state index contributed by atoms with van der Waals surface area (Å²) in [6, 6.07) is 0. The van der Waals surface area contributed by atoms with E-state index in [0.717, 1.165) is 30.9 Å². The monoisotopic (exact) mass is 183 g/mol. The van der Waals surface area contributed by atoms with E-state index in [0.29, 0.717) is 0 Å². The third-order valence-corrected chi connectivity index (χ3v) is 3.67. The van der Waals surface area contributed by atoms with Crippen molar-refractivity contribution in [3.05, 3.63) is 0 Å².